The average molecular weight is 296 g/mol. The molecule has 0 unspecified atom stereocenters. The highest BCUT2D eigenvalue weighted by Crippen LogP contribution is 2.31. The number of aromatic nitrogens is 2. The molecule has 0 aliphatic rings. The van der Waals surface area contributed by atoms with Gasteiger partial charge < -0.3 is 0 Å². The Hall–Kier alpha value is -1.93. The molecule has 0 atom stereocenters. The van der Waals surface area contributed by atoms with Crippen LogP contribution in [0.1, 0.15) is 32.0 Å². The van der Waals surface area contributed by atoms with Gasteiger partial charge in [-0.3, -0.25) is 0 Å². The summed E-state index contributed by atoms with van der Waals surface area (Å²) >= 11 is 6.10. The number of nitrogens with zero attached hydrogens (tertiary/aromatic N) is 3. The predicted molar refractivity (Wildman–Crippen MR) is 71.9 cm³/mol. The molecule has 0 aliphatic carbocycles. The van der Waals surface area contributed by atoms with Gasteiger partial charge in [0.15, 0.2) is 11.0 Å². The van der Waals surface area contributed by atoms with Crippen LogP contribution in [-0.4, -0.2) is 9.78 Å². The zero-order chi connectivity index (χ0) is 15.1. The van der Waals surface area contributed by atoms with Crippen molar-refractivity contribution in [3.8, 4) is 11.8 Å². The molecule has 1 heterocycles. The minimum atomic E-state index is -0.792. The maximum atomic E-state index is 13.8. The van der Waals surface area contributed by atoms with E-state index in [1.165, 1.54) is 6.07 Å². The third-order valence-corrected chi connectivity index (χ3v) is 3.14. The predicted octanol–water partition coefficient (Wildman–Crippen LogP) is 3.97. The average Bonchev–Trinajstić information content (AvgIpc) is 2.66. The second-order valence-electron chi connectivity index (χ2n) is 5.38. The van der Waals surface area contributed by atoms with Crippen LogP contribution < -0.4 is 0 Å². The number of halogens is 3. The molecule has 0 amide bonds. The van der Waals surface area contributed by atoms with Gasteiger partial charge in [-0.2, -0.15) is 10.4 Å². The molecule has 0 aliphatic heterocycles. The summed E-state index contributed by atoms with van der Waals surface area (Å²) < 4.78 is 27.9. The third-order valence-electron chi connectivity index (χ3n) is 2.79. The van der Waals surface area contributed by atoms with E-state index in [1.54, 1.807) is 0 Å². The van der Waals surface area contributed by atoms with Crippen LogP contribution in [0.15, 0.2) is 18.2 Å². The van der Waals surface area contributed by atoms with Gasteiger partial charge in [0.2, 0.25) is 0 Å². The van der Waals surface area contributed by atoms with E-state index in [4.69, 9.17) is 11.6 Å². The molecule has 0 bridgehead atoms. The summed E-state index contributed by atoms with van der Waals surface area (Å²) in [6.45, 7) is 5.62. The van der Waals surface area contributed by atoms with Crippen LogP contribution in [0.5, 0.6) is 0 Å². The molecule has 104 valence electrons. The van der Waals surface area contributed by atoms with Crippen LogP contribution in [-0.2, 0) is 5.41 Å². The Morgan fingerprint density at radius 2 is 1.95 bits per heavy atom. The van der Waals surface area contributed by atoms with Gasteiger partial charge in [0.25, 0.3) is 0 Å². The Morgan fingerprint density at radius 3 is 2.40 bits per heavy atom. The molecule has 3 nitrogen and oxygen atoms in total. The van der Waals surface area contributed by atoms with Gasteiger partial charge in [0.1, 0.15) is 23.1 Å². The van der Waals surface area contributed by atoms with E-state index in [0.717, 1.165) is 16.8 Å². The lowest BCUT2D eigenvalue weighted by atomic mass is 9.90. The standard InChI is InChI=1S/C14H12ClF2N3/c1-14(2,3)12-9(7-18)13(15)20(19-12)11-5-4-8(16)6-10(11)17/h4-6H,1-3H3. The Morgan fingerprint density at radius 1 is 1.30 bits per heavy atom. The molecular formula is C14H12ClF2N3. The Kier molecular flexibility index (Phi) is 3.53. The maximum Gasteiger partial charge on any atom is 0.151 e. The first kappa shape index (κ1) is 14.5. The van der Waals surface area contributed by atoms with Crippen molar-refractivity contribution in [3.63, 3.8) is 0 Å². The number of nitriles is 1. The highest BCUT2D eigenvalue weighted by molar-refractivity contribution is 6.31. The van der Waals surface area contributed by atoms with E-state index in [0.29, 0.717) is 5.69 Å². The highest BCUT2D eigenvalue weighted by atomic mass is 35.5. The molecule has 0 saturated heterocycles. The van der Waals surface area contributed by atoms with E-state index in [2.05, 4.69) is 5.10 Å². The van der Waals surface area contributed by atoms with E-state index in [9.17, 15) is 14.0 Å². The number of hydrogen-bond donors (Lipinski definition) is 0. The monoisotopic (exact) mass is 295 g/mol. The van der Waals surface area contributed by atoms with Gasteiger partial charge in [-0.25, -0.2) is 13.5 Å². The lowest BCUT2D eigenvalue weighted by molar-refractivity contribution is 0.549. The largest absolute Gasteiger partial charge is 0.218 e. The summed E-state index contributed by atoms with van der Waals surface area (Å²) in [5.74, 6) is -1.48. The molecule has 1 aromatic heterocycles. The van der Waals surface area contributed by atoms with Gasteiger partial charge in [-0.1, -0.05) is 32.4 Å². The van der Waals surface area contributed by atoms with Crippen LogP contribution in [0.2, 0.25) is 5.15 Å². The topological polar surface area (TPSA) is 41.6 Å². The van der Waals surface area contributed by atoms with Gasteiger partial charge >= 0.3 is 0 Å². The van der Waals surface area contributed by atoms with Crippen LogP contribution in [0.3, 0.4) is 0 Å². The van der Waals surface area contributed by atoms with Crippen molar-refractivity contribution in [2.24, 2.45) is 0 Å². The molecule has 0 N–H and O–H groups in total. The first-order valence-corrected chi connectivity index (χ1v) is 6.28. The SMILES string of the molecule is CC(C)(C)c1nn(-c2ccc(F)cc2F)c(Cl)c1C#N. The second kappa shape index (κ2) is 4.88. The van der Waals surface area contributed by atoms with Crippen LogP contribution in [0, 0.1) is 23.0 Å². The van der Waals surface area contributed by atoms with E-state index in [1.807, 2.05) is 26.8 Å². The fourth-order valence-corrected chi connectivity index (χ4v) is 2.09. The van der Waals surface area contributed by atoms with Gasteiger partial charge in [0, 0.05) is 11.5 Å². The first-order chi connectivity index (χ1) is 9.25. The molecule has 0 fully saturated rings. The molecule has 1 aromatic carbocycles. The molecule has 2 aromatic rings. The van der Waals surface area contributed by atoms with E-state index < -0.39 is 17.0 Å². The van der Waals surface area contributed by atoms with E-state index in [-0.39, 0.29) is 16.4 Å². The second-order valence-corrected chi connectivity index (χ2v) is 5.74. The summed E-state index contributed by atoms with van der Waals surface area (Å²) in [7, 11) is 0. The molecule has 0 saturated carbocycles. The van der Waals surface area contributed by atoms with Crippen LogP contribution in [0.4, 0.5) is 8.78 Å². The smallest absolute Gasteiger partial charge is 0.151 e. The summed E-state index contributed by atoms with van der Waals surface area (Å²) in [5, 5.41) is 13.4. The third kappa shape index (κ3) is 2.39. The van der Waals surface area contributed by atoms with Crippen LogP contribution >= 0.6 is 11.6 Å². The van der Waals surface area contributed by atoms with Crippen molar-refractivity contribution < 1.29 is 8.78 Å². The summed E-state index contributed by atoms with van der Waals surface area (Å²) in [6.07, 6.45) is 0. The lowest BCUT2D eigenvalue weighted by Crippen LogP contribution is -2.14. The highest BCUT2D eigenvalue weighted by Gasteiger charge is 2.27. The maximum absolute atomic E-state index is 13.8. The quantitative estimate of drug-likeness (QED) is 0.798. The molecule has 2 rings (SSSR count). The molecule has 20 heavy (non-hydrogen) atoms. The van der Waals surface area contributed by atoms with Gasteiger partial charge in [-0.15, -0.1) is 0 Å². The van der Waals surface area contributed by atoms with Crippen molar-refractivity contribution in [2.75, 3.05) is 0 Å². The van der Waals surface area contributed by atoms with Crippen LogP contribution in [0.25, 0.3) is 5.69 Å². The minimum absolute atomic E-state index is 0.00315. The summed E-state index contributed by atoms with van der Waals surface area (Å²) in [6, 6.07) is 5.07. The van der Waals surface area contributed by atoms with E-state index >= 15 is 0 Å². The molecule has 0 radical (unpaired) electrons. The van der Waals surface area contributed by atoms with Crippen molar-refractivity contribution in [1.29, 1.82) is 5.26 Å². The Labute approximate surface area is 120 Å². The fraction of sp³-hybridized carbons (Fsp3) is 0.286. The lowest BCUT2D eigenvalue weighted by Gasteiger charge is -2.15. The van der Waals surface area contributed by atoms with Gasteiger partial charge in [-0.05, 0) is 12.1 Å². The molecule has 0 spiro atoms. The first-order valence-electron chi connectivity index (χ1n) is 5.90. The Bertz CT molecular complexity index is 708. The fourth-order valence-electron chi connectivity index (χ4n) is 1.83. The summed E-state index contributed by atoms with van der Waals surface area (Å²) in [5.41, 5.74) is 0.247. The van der Waals surface area contributed by atoms with Crippen molar-refractivity contribution in [3.05, 3.63) is 46.2 Å². The van der Waals surface area contributed by atoms with Crippen molar-refractivity contribution in [1.82, 2.24) is 9.78 Å². The zero-order valence-corrected chi connectivity index (χ0v) is 12.0. The molecular weight excluding hydrogens is 284 g/mol. The number of hydrogen-bond acceptors (Lipinski definition) is 2. The summed E-state index contributed by atoms with van der Waals surface area (Å²) in [4.78, 5) is 0. The van der Waals surface area contributed by atoms with Crippen molar-refractivity contribution >= 4 is 11.6 Å². The number of rotatable bonds is 1. The van der Waals surface area contributed by atoms with Gasteiger partial charge in [0.05, 0.1) is 5.69 Å². The minimum Gasteiger partial charge on any atom is -0.218 e. The molecule has 6 heteroatoms. The Balaban J connectivity index is 2.71. The zero-order valence-electron chi connectivity index (χ0n) is 11.2. The normalized spacial score (nSPS) is 11.4. The number of benzene rings is 1. The van der Waals surface area contributed by atoms with Crippen molar-refractivity contribution in [2.45, 2.75) is 26.2 Å².